The van der Waals surface area contributed by atoms with Crippen LogP contribution < -0.4 is 0 Å². The van der Waals surface area contributed by atoms with Gasteiger partial charge in [0.25, 0.3) is 0 Å². The summed E-state index contributed by atoms with van der Waals surface area (Å²) in [5, 5.41) is 0. The molecule has 0 aromatic heterocycles. The molecule has 21 heavy (non-hydrogen) atoms. The summed E-state index contributed by atoms with van der Waals surface area (Å²) in [5.41, 5.74) is 0. The molecule has 1 rings (SSSR count). The van der Waals surface area contributed by atoms with E-state index >= 15 is 0 Å². The Hall–Kier alpha value is -0.660. The summed E-state index contributed by atoms with van der Waals surface area (Å²) < 4.78 is 30.5. The lowest BCUT2D eigenvalue weighted by Crippen LogP contribution is -2.39. The largest absolute Gasteiger partial charge is 0.377 e. The lowest BCUT2D eigenvalue weighted by atomic mass is 10.2. The van der Waals surface area contributed by atoms with Gasteiger partial charge in [0.2, 0.25) is 15.9 Å². The minimum absolute atomic E-state index is 0.00978. The van der Waals surface area contributed by atoms with Crippen LogP contribution in [0.15, 0.2) is 0 Å². The normalized spacial score (nSPS) is 19.1. The Bertz CT molecular complexity index is 419. The van der Waals surface area contributed by atoms with E-state index in [1.54, 1.807) is 11.9 Å². The van der Waals surface area contributed by atoms with Crippen molar-refractivity contribution in [2.24, 2.45) is 0 Å². The van der Waals surface area contributed by atoms with Gasteiger partial charge in [-0.3, -0.25) is 4.79 Å². The minimum atomic E-state index is -3.31. The molecular formula is C14H28N2O4S. The van der Waals surface area contributed by atoms with Gasteiger partial charge < -0.3 is 9.64 Å². The van der Waals surface area contributed by atoms with Crippen molar-refractivity contribution in [3.05, 3.63) is 0 Å². The van der Waals surface area contributed by atoms with Crippen molar-refractivity contribution >= 4 is 15.9 Å². The van der Waals surface area contributed by atoms with Crippen molar-refractivity contribution in [3.63, 3.8) is 0 Å². The average molecular weight is 320 g/mol. The molecule has 0 saturated carbocycles. The van der Waals surface area contributed by atoms with E-state index in [9.17, 15) is 13.2 Å². The van der Waals surface area contributed by atoms with E-state index in [0.717, 1.165) is 32.2 Å². The van der Waals surface area contributed by atoms with Crippen molar-refractivity contribution in [3.8, 4) is 0 Å². The van der Waals surface area contributed by atoms with Gasteiger partial charge in [-0.25, -0.2) is 8.42 Å². The maximum atomic E-state index is 12.0. The number of carbonyl (C=O) groups excluding carboxylic acids is 1. The van der Waals surface area contributed by atoms with Crippen LogP contribution in [0.1, 0.15) is 39.0 Å². The Morgan fingerprint density at radius 1 is 1.33 bits per heavy atom. The topological polar surface area (TPSA) is 66.9 Å². The second kappa shape index (κ2) is 8.70. The molecule has 1 aliphatic rings. The highest BCUT2D eigenvalue weighted by Crippen LogP contribution is 2.15. The first-order valence-corrected chi connectivity index (χ1v) is 9.50. The van der Waals surface area contributed by atoms with E-state index in [-0.39, 0.29) is 25.0 Å². The van der Waals surface area contributed by atoms with Gasteiger partial charge in [-0.05, 0) is 19.3 Å². The van der Waals surface area contributed by atoms with Gasteiger partial charge >= 0.3 is 0 Å². The lowest BCUT2D eigenvalue weighted by molar-refractivity contribution is -0.130. The Kier molecular flexibility index (Phi) is 7.62. The number of amides is 1. The molecule has 7 heteroatoms. The van der Waals surface area contributed by atoms with Gasteiger partial charge in [-0.2, -0.15) is 4.31 Å². The zero-order valence-corrected chi connectivity index (χ0v) is 14.2. The summed E-state index contributed by atoms with van der Waals surface area (Å²) in [6, 6.07) is 0. The molecular weight excluding hydrogens is 292 g/mol. The third-order valence-corrected chi connectivity index (χ3v) is 5.02. The van der Waals surface area contributed by atoms with E-state index < -0.39 is 10.0 Å². The molecule has 0 aromatic carbocycles. The number of carbonyl (C=O) groups is 1. The Balaban J connectivity index is 2.47. The summed E-state index contributed by atoms with van der Waals surface area (Å²) in [6.07, 6.45) is 5.23. The van der Waals surface area contributed by atoms with Gasteiger partial charge in [0.1, 0.15) is 0 Å². The number of hydrogen-bond acceptors (Lipinski definition) is 4. The summed E-state index contributed by atoms with van der Waals surface area (Å²) in [7, 11) is -1.54. The third-order valence-electron chi connectivity index (χ3n) is 3.75. The fourth-order valence-corrected chi connectivity index (χ4v) is 3.20. The molecule has 1 atom stereocenters. The van der Waals surface area contributed by atoms with Crippen LogP contribution in [0.5, 0.6) is 0 Å². The van der Waals surface area contributed by atoms with E-state index in [2.05, 4.69) is 6.92 Å². The maximum absolute atomic E-state index is 12.0. The molecule has 6 nitrogen and oxygen atoms in total. The summed E-state index contributed by atoms with van der Waals surface area (Å²) in [5.74, 6) is -0.00978. The number of ether oxygens (including phenoxy) is 1. The van der Waals surface area contributed by atoms with Gasteiger partial charge in [0.05, 0.1) is 12.4 Å². The lowest BCUT2D eigenvalue weighted by Gasteiger charge is -2.24. The first-order valence-electron chi connectivity index (χ1n) is 7.65. The third kappa shape index (κ3) is 6.76. The zero-order chi connectivity index (χ0) is 15.9. The molecule has 1 fully saturated rings. The van der Waals surface area contributed by atoms with Crippen molar-refractivity contribution in [2.45, 2.75) is 45.1 Å². The van der Waals surface area contributed by atoms with Gasteiger partial charge in [0.15, 0.2) is 0 Å². The first kappa shape index (κ1) is 18.4. The number of rotatable bonds is 9. The van der Waals surface area contributed by atoms with Gasteiger partial charge in [0, 0.05) is 39.7 Å². The summed E-state index contributed by atoms with van der Waals surface area (Å²) in [6.45, 7) is 4.07. The van der Waals surface area contributed by atoms with E-state index in [0.29, 0.717) is 13.2 Å². The molecule has 1 amide bonds. The van der Waals surface area contributed by atoms with Crippen LogP contribution in [0.4, 0.5) is 0 Å². The van der Waals surface area contributed by atoms with Crippen LogP contribution in [-0.4, -0.2) is 69.2 Å². The number of sulfonamides is 1. The molecule has 0 radical (unpaired) electrons. The van der Waals surface area contributed by atoms with E-state index in [1.165, 1.54) is 10.6 Å². The quantitative estimate of drug-likeness (QED) is 0.637. The highest BCUT2D eigenvalue weighted by Gasteiger charge is 2.25. The predicted molar refractivity (Wildman–Crippen MR) is 82.6 cm³/mol. The Labute approximate surface area is 128 Å². The van der Waals surface area contributed by atoms with Crippen molar-refractivity contribution < 1.29 is 17.9 Å². The van der Waals surface area contributed by atoms with Crippen LogP contribution in [-0.2, 0) is 19.6 Å². The van der Waals surface area contributed by atoms with Crippen LogP contribution in [0.2, 0.25) is 0 Å². The van der Waals surface area contributed by atoms with Crippen molar-refractivity contribution in [1.29, 1.82) is 0 Å². The molecule has 0 N–H and O–H groups in total. The van der Waals surface area contributed by atoms with Crippen LogP contribution in [0.25, 0.3) is 0 Å². The molecule has 0 aromatic rings. The van der Waals surface area contributed by atoms with Gasteiger partial charge in [-0.1, -0.05) is 13.3 Å². The average Bonchev–Trinajstić information content (AvgIpc) is 2.91. The fraction of sp³-hybridized carbons (Fsp3) is 0.929. The maximum Gasteiger partial charge on any atom is 0.223 e. The van der Waals surface area contributed by atoms with Crippen molar-refractivity contribution in [2.75, 3.05) is 39.5 Å². The molecule has 1 aliphatic heterocycles. The summed E-state index contributed by atoms with van der Waals surface area (Å²) >= 11 is 0. The second-order valence-corrected chi connectivity index (χ2v) is 7.66. The van der Waals surface area contributed by atoms with E-state index in [4.69, 9.17) is 4.74 Å². The molecule has 0 bridgehead atoms. The first-order chi connectivity index (χ1) is 9.84. The molecule has 1 unspecified atom stereocenters. The monoisotopic (exact) mass is 320 g/mol. The highest BCUT2D eigenvalue weighted by molar-refractivity contribution is 7.88. The minimum Gasteiger partial charge on any atom is -0.377 e. The van der Waals surface area contributed by atoms with Crippen LogP contribution in [0, 0.1) is 0 Å². The molecule has 1 heterocycles. The molecule has 124 valence electrons. The predicted octanol–water partition coefficient (Wildman–Crippen LogP) is 1.08. The standard InChI is InChI=1S/C14H28N2O4S/c1-4-5-9-15(2)14(17)8-10-16(21(3,18)19)12-13-7-6-11-20-13/h13H,4-12H2,1-3H3. The number of nitrogens with zero attached hydrogens (tertiary/aromatic N) is 2. The fourth-order valence-electron chi connectivity index (χ4n) is 2.34. The zero-order valence-electron chi connectivity index (χ0n) is 13.4. The second-order valence-electron chi connectivity index (χ2n) is 5.67. The highest BCUT2D eigenvalue weighted by atomic mass is 32.2. The number of hydrogen-bond donors (Lipinski definition) is 0. The van der Waals surface area contributed by atoms with Gasteiger partial charge in [-0.15, -0.1) is 0 Å². The molecule has 0 aliphatic carbocycles. The molecule has 0 spiro atoms. The summed E-state index contributed by atoms with van der Waals surface area (Å²) in [4.78, 5) is 13.7. The van der Waals surface area contributed by atoms with E-state index in [1.807, 2.05) is 0 Å². The smallest absolute Gasteiger partial charge is 0.223 e. The Morgan fingerprint density at radius 2 is 2.05 bits per heavy atom. The van der Waals surface area contributed by atoms with Crippen molar-refractivity contribution in [1.82, 2.24) is 9.21 Å². The van der Waals surface area contributed by atoms with Crippen LogP contribution >= 0.6 is 0 Å². The SMILES string of the molecule is CCCCN(C)C(=O)CCN(CC1CCCO1)S(C)(=O)=O. The number of unbranched alkanes of at least 4 members (excludes halogenated alkanes) is 1. The van der Waals surface area contributed by atoms with Crippen LogP contribution in [0.3, 0.4) is 0 Å². The Morgan fingerprint density at radius 3 is 2.57 bits per heavy atom. The molecule has 1 saturated heterocycles.